The topological polar surface area (TPSA) is 9.86 Å². The molecule has 42 heavy (non-hydrogen) atoms. The Morgan fingerprint density at radius 1 is 0.714 bits per heavy atom. The maximum atomic E-state index is 2.67. The van der Waals surface area contributed by atoms with Gasteiger partial charge in [-0.3, -0.25) is 0 Å². The zero-order chi connectivity index (χ0) is 27.5. The molecule has 0 fully saturated rings. The maximum absolute atomic E-state index is 2.67. The lowest BCUT2D eigenvalue weighted by atomic mass is 9.45. The Hall–Kier alpha value is -5.02. The average molecular weight is 534 g/mol. The van der Waals surface area contributed by atoms with Gasteiger partial charge in [0.15, 0.2) is 0 Å². The van der Waals surface area contributed by atoms with Crippen molar-refractivity contribution in [3.63, 3.8) is 0 Å². The second-order valence-corrected chi connectivity index (χ2v) is 12.1. The van der Waals surface area contributed by atoms with Crippen LogP contribution in [0.25, 0.3) is 60.2 Å². The van der Waals surface area contributed by atoms with Crippen molar-refractivity contribution in [2.24, 2.45) is 5.92 Å². The van der Waals surface area contributed by atoms with E-state index in [0.717, 1.165) is 6.42 Å². The zero-order valence-electron chi connectivity index (χ0n) is 23.4. The molecule has 1 atom stereocenters. The molecule has 0 saturated heterocycles. The first-order chi connectivity index (χ1) is 20.8. The van der Waals surface area contributed by atoms with E-state index in [4.69, 9.17) is 0 Å². The minimum Gasteiger partial charge on any atom is -0.376 e. The summed E-state index contributed by atoms with van der Waals surface area (Å²) in [5.41, 5.74) is 10.9. The maximum Gasteiger partial charge on any atom is 0.328 e. The van der Waals surface area contributed by atoms with Crippen molar-refractivity contribution >= 4 is 66.8 Å². The highest BCUT2D eigenvalue weighted by atomic mass is 15.0. The summed E-state index contributed by atoms with van der Waals surface area (Å²) in [7, 11) is 0. The fourth-order valence-electron chi connectivity index (χ4n) is 8.40. The minimum absolute atomic E-state index is 0.104. The Labute approximate surface area is 243 Å². The van der Waals surface area contributed by atoms with Crippen LogP contribution in [0.15, 0.2) is 127 Å². The molecule has 196 valence electrons. The molecule has 2 aromatic heterocycles. The molecule has 7 aromatic rings. The lowest BCUT2D eigenvalue weighted by Gasteiger charge is -2.33. The van der Waals surface area contributed by atoms with E-state index in [1.807, 2.05) is 0 Å². The van der Waals surface area contributed by atoms with Crippen molar-refractivity contribution in [3.8, 4) is 5.69 Å². The number of hydrogen-bond acceptors (Lipinski definition) is 0. The fraction of sp³-hybridized carbons (Fsp3) is 0.0769. The summed E-state index contributed by atoms with van der Waals surface area (Å²) in [6, 6.07) is 38.5. The molecule has 3 aliphatic rings. The highest BCUT2D eigenvalue weighted by Crippen LogP contribution is 2.38. The third-order valence-electron chi connectivity index (χ3n) is 10.0. The number of rotatable bonds is 1. The Morgan fingerprint density at radius 3 is 2.48 bits per heavy atom. The van der Waals surface area contributed by atoms with Gasteiger partial charge in [0.2, 0.25) is 0 Å². The molecule has 2 aliphatic carbocycles. The highest BCUT2D eigenvalue weighted by Gasteiger charge is 2.39. The fourth-order valence-corrected chi connectivity index (χ4v) is 8.40. The summed E-state index contributed by atoms with van der Waals surface area (Å²) >= 11 is 0. The predicted octanol–water partition coefficient (Wildman–Crippen LogP) is 6.95. The number of benzene rings is 5. The lowest BCUT2D eigenvalue weighted by Crippen LogP contribution is -2.54. The largest absolute Gasteiger partial charge is 0.376 e. The number of para-hydroxylation sites is 3. The van der Waals surface area contributed by atoms with Gasteiger partial charge in [-0.2, -0.15) is 0 Å². The van der Waals surface area contributed by atoms with E-state index in [1.54, 1.807) is 0 Å². The van der Waals surface area contributed by atoms with E-state index in [1.165, 1.54) is 81.8 Å². The molecule has 0 spiro atoms. The van der Waals surface area contributed by atoms with Gasteiger partial charge in [0.1, 0.15) is 0 Å². The van der Waals surface area contributed by atoms with E-state index in [0.29, 0.717) is 5.92 Å². The number of aryl methyl sites for hydroxylation is 1. The first-order valence-electron chi connectivity index (χ1n) is 15.0. The van der Waals surface area contributed by atoms with Crippen LogP contribution in [0.4, 0.5) is 0 Å². The van der Waals surface area contributed by atoms with Crippen LogP contribution < -0.4 is 16.0 Å². The molecule has 5 aromatic carbocycles. The normalized spacial score (nSPS) is 17.0. The molecule has 0 bridgehead atoms. The number of fused-ring (bicyclic) bond motifs is 11. The summed E-state index contributed by atoms with van der Waals surface area (Å²) in [6.45, 7) is 2.37. The summed E-state index contributed by atoms with van der Waals surface area (Å²) in [6.07, 6.45) is 10.3. The molecule has 1 unspecified atom stereocenters. The van der Waals surface area contributed by atoms with Crippen molar-refractivity contribution in [1.29, 1.82) is 0 Å². The average Bonchev–Trinajstić information content (AvgIpc) is 3.57. The second kappa shape index (κ2) is 8.05. The number of aromatic nitrogens is 2. The molecule has 0 N–H and O–H groups in total. The van der Waals surface area contributed by atoms with Crippen molar-refractivity contribution in [3.05, 3.63) is 144 Å². The minimum atomic E-state index is 0.104. The van der Waals surface area contributed by atoms with E-state index in [-0.39, 0.29) is 6.85 Å². The Balaban J connectivity index is 1.49. The highest BCUT2D eigenvalue weighted by molar-refractivity contribution is 6.89. The molecule has 3 heteroatoms. The smallest absolute Gasteiger partial charge is 0.328 e. The van der Waals surface area contributed by atoms with E-state index in [2.05, 4.69) is 143 Å². The first-order valence-corrected chi connectivity index (χ1v) is 15.0. The van der Waals surface area contributed by atoms with Crippen LogP contribution in [-0.4, -0.2) is 15.9 Å². The van der Waals surface area contributed by atoms with Crippen LogP contribution in [0.5, 0.6) is 0 Å². The summed E-state index contributed by atoms with van der Waals surface area (Å²) in [5, 5.41) is 9.51. The quantitative estimate of drug-likeness (QED) is 0.202. The van der Waals surface area contributed by atoms with Crippen LogP contribution in [0.1, 0.15) is 12.0 Å². The van der Waals surface area contributed by atoms with Crippen LogP contribution in [-0.2, 0) is 0 Å². The number of nitrogens with zero attached hydrogens (tertiary/aromatic N) is 2. The van der Waals surface area contributed by atoms with Crippen LogP contribution in [0.2, 0.25) is 0 Å². The van der Waals surface area contributed by atoms with Gasteiger partial charge in [0, 0.05) is 49.4 Å². The van der Waals surface area contributed by atoms with Crippen LogP contribution in [0.3, 0.4) is 0 Å². The van der Waals surface area contributed by atoms with Crippen molar-refractivity contribution in [1.82, 2.24) is 9.05 Å². The van der Waals surface area contributed by atoms with Crippen molar-refractivity contribution in [2.45, 2.75) is 13.3 Å². The van der Waals surface area contributed by atoms with Crippen molar-refractivity contribution < 1.29 is 0 Å². The van der Waals surface area contributed by atoms with Crippen LogP contribution in [0, 0.1) is 12.8 Å². The molecule has 3 heterocycles. The SMILES string of the molecule is Cc1cccc2c3ccccc3n(B3C4=c5c(c6c7ccccc7ccc6n5-c5ccccc53)=C3C=CC=CC3C4)c12. The molecule has 0 radical (unpaired) electrons. The van der Waals surface area contributed by atoms with Crippen molar-refractivity contribution in [2.75, 3.05) is 0 Å². The van der Waals surface area contributed by atoms with Gasteiger partial charge in [-0.1, -0.05) is 109 Å². The van der Waals surface area contributed by atoms with Gasteiger partial charge in [-0.15, -0.1) is 0 Å². The van der Waals surface area contributed by atoms with Gasteiger partial charge < -0.3 is 9.05 Å². The van der Waals surface area contributed by atoms with Gasteiger partial charge in [0.05, 0.1) is 5.52 Å². The summed E-state index contributed by atoms with van der Waals surface area (Å²) in [5.74, 6) is 0.359. The summed E-state index contributed by atoms with van der Waals surface area (Å²) in [4.78, 5) is 0. The molecular formula is C39H27BN2. The van der Waals surface area contributed by atoms with Crippen LogP contribution >= 0.6 is 0 Å². The molecule has 0 saturated carbocycles. The van der Waals surface area contributed by atoms with Gasteiger partial charge in [0.25, 0.3) is 0 Å². The first kappa shape index (κ1) is 22.6. The molecule has 10 rings (SSSR count). The third kappa shape index (κ3) is 2.72. The summed E-state index contributed by atoms with van der Waals surface area (Å²) < 4.78 is 5.26. The molecular weight excluding hydrogens is 507 g/mol. The van der Waals surface area contributed by atoms with E-state index < -0.39 is 0 Å². The third-order valence-corrected chi connectivity index (χ3v) is 10.0. The van der Waals surface area contributed by atoms with E-state index >= 15 is 0 Å². The van der Waals surface area contributed by atoms with E-state index in [9.17, 15) is 0 Å². The number of allylic oxidation sites excluding steroid dienone is 4. The Kier molecular flexibility index (Phi) is 4.34. The monoisotopic (exact) mass is 534 g/mol. The lowest BCUT2D eigenvalue weighted by molar-refractivity contribution is 0.840. The standard InChI is InChI=1S/C39H27BN2/c1-24-11-10-17-30-29-16-6-8-19-33(29)42(38(24)30)40-31-18-7-9-20-34(31)41-35-22-21-25-12-2-4-14-27(25)36(35)37-28-15-5-3-13-26(28)23-32(40)39(37)41/h2-22,26H,23H2,1H3. The Morgan fingerprint density at radius 2 is 1.52 bits per heavy atom. The molecule has 1 aliphatic heterocycles. The molecule has 0 amide bonds. The van der Waals surface area contributed by atoms with Gasteiger partial charge in [-0.05, 0) is 64.4 Å². The second-order valence-electron chi connectivity index (χ2n) is 12.1. The number of hydrogen-bond donors (Lipinski definition) is 0. The zero-order valence-corrected chi connectivity index (χ0v) is 23.4. The Bertz CT molecular complexity index is 2520. The predicted molar refractivity (Wildman–Crippen MR) is 178 cm³/mol. The van der Waals surface area contributed by atoms with Gasteiger partial charge in [-0.25, -0.2) is 0 Å². The van der Waals surface area contributed by atoms with Gasteiger partial charge >= 0.3 is 6.85 Å². The molecule has 2 nitrogen and oxygen atoms in total.